The van der Waals surface area contributed by atoms with E-state index in [1.54, 1.807) is 30.3 Å². The van der Waals surface area contributed by atoms with Crippen LogP contribution in [0.1, 0.15) is 28.4 Å². The summed E-state index contributed by atoms with van der Waals surface area (Å²) in [4.78, 5) is 37.1. The van der Waals surface area contributed by atoms with E-state index in [0.29, 0.717) is 10.6 Å². The molecule has 0 aliphatic carbocycles. The SMILES string of the molecule is C[C@@]1(c2ccccc2)NC(=O)N(NC(=O)c2ccc(C(F)(F)F)cc2)C1=O. The lowest BCUT2D eigenvalue weighted by atomic mass is 9.92. The lowest BCUT2D eigenvalue weighted by Crippen LogP contribution is -2.47. The fraction of sp³-hybridized carbons (Fsp3) is 0.167. The van der Waals surface area contributed by atoms with Gasteiger partial charge in [-0.1, -0.05) is 30.3 Å². The molecule has 0 bridgehead atoms. The lowest BCUT2D eigenvalue weighted by Gasteiger charge is -2.22. The molecule has 2 aromatic rings. The highest BCUT2D eigenvalue weighted by Crippen LogP contribution is 2.30. The van der Waals surface area contributed by atoms with E-state index < -0.39 is 35.1 Å². The van der Waals surface area contributed by atoms with Gasteiger partial charge in [0, 0.05) is 5.56 Å². The van der Waals surface area contributed by atoms with Gasteiger partial charge in [0.15, 0.2) is 0 Å². The van der Waals surface area contributed by atoms with E-state index >= 15 is 0 Å². The van der Waals surface area contributed by atoms with E-state index in [9.17, 15) is 27.6 Å². The Morgan fingerprint density at radius 1 is 1.04 bits per heavy atom. The maximum atomic E-state index is 12.7. The molecular weight excluding hydrogens is 363 g/mol. The lowest BCUT2D eigenvalue weighted by molar-refractivity contribution is -0.137. The van der Waals surface area contributed by atoms with Gasteiger partial charge in [-0.2, -0.15) is 18.2 Å². The number of hydrogen-bond donors (Lipinski definition) is 2. The summed E-state index contributed by atoms with van der Waals surface area (Å²) in [6.07, 6.45) is -4.53. The number of alkyl halides is 3. The first-order chi connectivity index (χ1) is 12.6. The number of carbonyl (C=O) groups is 3. The summed E-state index contributed by atoms with van der Waals surface area (Å²) in [5.41, 5.74) is 0.244. The largest absolute Gasteiger partial charge is 0.416 e. The maximum absolute atomic E-state index is 12.7. The Bertz CT molecular complexity index is 898. The van der Waals surface area contributed by atoms with Gasteiger partial charge < -0.3 is 5.32 Å². The summed E-state index contributed by atoms with van der Waals surface area (Å²) >= 11 is 0. The number of carbonyl (C=O) groups excluding carboxylic acids is 3. The molecule has 0 unspecified atom stereocenters. The quantitative estimate of drug-likeness (QED) is 0.808. The van der Waals surface area contributed by atoms with E-state index in [-0.39, 0.29) is 5.56 Å². The number of halogens is 3. The van der Waals surface area contributed by atoms with Crippen LogP contribution in [0.2, 0.25) is 0 Å². The van der Waals surface area contributed by atoms with Crippen molar-refractivity contribution in [3.05, 3.63) is 71.3 Å². The molecule has 6 nitrogen and oxygen atoms in total. The van der Waals surface area contributed by atoms with Crippen LogP contribution < -0.4 is 10.7 Å². The highest BCUT2D eigenvalue weighted by molar-refractivity contribution is 6.09. The molecule has 1 aliphatic heterocycles. The summed E-state index contributed by atoms with van der Waals surface area (Å²) in [6, 6.07) is 11.0. The highest BCUT2D eigenvalue weighted by atomic mass is 19.4. The second-order valence-corrected chi connectivity index (χ2v) is 6.08. The summed E-state index contributed by atoms with van der Waals surface area (Å²) in [5.74, 6) is -1.59. The Morgan fingerprint density at radius 3 is 2.19 bits per heavy atom. The summed E-state index contributed by atoms with van der Waals surface area (Å²) in [5, 5.41) is 3.03. The number of hydrogen-bond acceptors (Lipinski definition) is 3. The minimum Gasteiger partial charge on any atom is -0.318 e. The normalized spacial score (nSPS) is 19.8. The maximum Gasteiger partial charge on any atom is 0.416 e. The van der Waals surface area contributed by atoms with Gasteiger partial charge in [0.05, 0.1) is 5.56 Å². The number of imide groups is 1. The number of rotatable bonds is 3. The fourth-order valence-electron chi connectivity index (χ4n) is 2.68. The molecule has 1 aliphatic rings. The first-order valence-electron chi connectivity index (χ1n) is 7.83. The van der Waals surface area contributed by atoms with Crippen LogP contribution in [0.15, 0.2) is 54.6 Å². The predicted octanol–water partition coefficient (Wildman–Crippen LogP) is 2.82. The molecule has 2 N–H and O–H groups in total. The Kier molecular flexibility index (Phi) is 4.38. The third kappa shape index (κ3) is 3.35. The van der Waals surface area contributed by atoms with E-state index in [0.717, 1.165) is 24.3 Å². The van der Waals surface area contributed by atoms with E-state index in [1.165, 1.54) is 6.92 Å². The zero-order valence-corrected chi connectivity index (χ0v) is 14.0. The molecule has 1 atom stereocenters. The standard InChI is InChI=1S/C18H14F3N3O3/c1-17(12-5-3-2-4-6-12)15(26)24(16(27)22-17)23-14(25)11-7-9-13(10-8-11)18(19,20)21/h2-10H,1H3,(H,22,27)(H,23,25)/t17-/m0/s1. The number of amides is 4. The number of benzene rings is 2. The van der Waals surface area contributed by atoms with Gasteiger partial charge >= 0.3 is 12.2 Å². The molecule has 140 valence electrons. The minimum atomic E-state index is -4.53. The van der Waals surface area contributed by atoms with Crippen molar-refractivity contribution < 1.29 is 27.6 Å². The van der Waals surface area contributed by atoms with Gasteiger partial charge in [-0.25, -0.2) is 4.79 Å². The van der Waals surface area contributed by atoms with Crippen LogP contribution in [0.4, 0.5) is 18.0 Å². The van der Waals surface area contributed by atoms with Gasteiger partial charge in [0.25, 0.3) is 11.8 Å². The van der Waals surface area contributed by atoms with Crippen LogP contribution in [0.25, 0.3) is 0 Å². The first kappa shape index (κ1) is 18.4. The van der Waals surface area contributed by atoms with Crippen molar-refractivity contribution in [1.82, 2.24) is 15.8 Å². The molecule has 0 spiro atoms. The van der Waals surface area contributed by atoms with E-state index in [4.69, 9.17) is 0 Å². The monoisotopic (exact) mass is 377 g/mol. The molecule has 27 heavy (non-hydrogen) atoms. The molecule has 0 radical (unpaired) electrons. The minimum absolute atomic E-state index is 0.128. The zero-order valence-electron chi connectivity index (χ0n) is 14.0. The topological polar surface area (TPSA) is 78.5 Å². The van der Waals surface area contributed by atoms with Crippen LogP contribution in [-0.4, -0.2) is 22.9 Å². The fourth-order valence-corrected chi connectivity index (χ4v) is 2.68. The van der Waals surface area contributed by atoms with E-state index in [2.05, 4.69) is 10.7 Å². The van der Waals surface area contributed by atoms with Gasteiger partial charge in [0.2, 0.25) is 0 Å². The van der Waals surface area contributed by atoms with Gasteiger partial charge in [0.1, 0.15) is 5.54 Å². The summed E-state index contributed by atoms with van der Waals surface area (Å²) in [7, 11) is 0. The Balaban J connectivity index is 1.78. The molecule has 1 heterocycles. The summed E-state index contributed by atoms with van der Waals surface area (Å²) < 4.78 is 37.8. The first-order valence-corrected chi connectivity index (χ1v) is 7.83. The van der Waals surface area contributed by atoms with Crippen molar-refractivity contribution in [3.63, 3.8) is 0 Å². The molecular formula is C18H14F3N3O3. The second kappa shape index (κ2) is 6.42. The van der Waals surface area contributed by atoms with Crippen molar-refractivity contribution in [2.45, 2.75) is 18.6 Å². The Hall–Kier alpha value is -3.36. The van der Waals surface area contributed by atoms with Crippen molar-refractivity contribution >= 4 is 17.8 Å². The zero-order chi connectivity index (χ0) is 19.8. The molecule has 2 aromatic carbocycles. The Labute approximate surface area is 151 Å². The number of nitrogens with zero attached hydrogens (tertiary/aromatic N) is 1. The summed E-state index contributed by atoms with van der Waals surface area (Å²) in [6.45, 7) is 1.49. The van der Waals surface area contributed by atoms with Crippen molar-refractivity contribution in [2.75, 3.05) is 0 Å². The molecule has 9 heteroatoms. The van der Waals surface area contributed by atoms with Crippen molar-refractivity contribution in [2.24, 2.45) is 0 Å². The van der Waals surface area contributed by atoms with E-state index in [1.807, 2.05) is 0 Å². The van der Waals surface area contributed by atoms with Crippen LogP contribution in [0.5, 0.6) is 0 Å². The third-order valence-corrected chi connectivity index (χ3v) is 4.23. The van der Waals surface area contributed by atoms with Crippen LogP contribution in [-0.2, 0) is 16.5 Å². The van der Waals surface area contributed by atoms with Gasteiger partial charge in [-0.3, -0.25) is 15.0 Å². The molecule has 1 saturated heterocycles. The molecule has 1 fully saturated rings. The molecule has 4 amide bonds. The number of hydrazine groups is 1. The smallest absolute Gasteiger partial charge is 0.318 e. The Morgan fingerprint density at radius 2 is 1.63 bits per heavy atom. The van der Waals surface area contributed by atoms with Crippen LogP contribution in [0, 0.1) is 0 Å². The highest BCUT2D eigenvalue weighted by Gasteiger charge is 2.50. The van der Waals surface area contributed by atoms with Crippen molar-refractivity contribution in [1.29, 1.82) is 0 Å². The average Bonchev–Trinajstić information content (AvgIpc) is 2.86. The third-order valence-electron chi connectivity index (χ3n) is 4.23. The number of nitrogens with one attached hydrogen (secondary N) is 2. The number of urea groups is 1. The van der Waals surface area contributed by atoms with Crippen LogP contribution in [0.3, 0.4) is 0 Å². The second-order valence-electron chi connectivity index (χ2n) is 6.08. The van der Waals surface area contributed by atoms with Gasteiger partial charge in [-0.05, 0) is 36.8 Å². The molecule has 3 rings (SSSR count). The van der Waals surface area contributed by atoms with Crippen LogP contribution >= 0.6 is 0 Å². The predicted molar refractivity (Wildman–Crippen MR) is 88.1 cm³/mol. The van der Waals surface area contributed by atoms with Gasteiger partial charge in [-0.15, -0.1) is 0 Å². The molecule has 0 aromatic heterocycles. The molecule has 0 saturated carbocycles. The average molecular weight is 377 g/mol. The van der Waals surface area contributed by atoms with Crippen molar-refractivity contribution in [3.8, 4) is 0 Å².